The molecule has 0 aliphatic heterocycles. The lowest BCUT2D eigenvalue weighted by Gasteiger charge is -2.27. The maximum Gasteiger partial charge on any atom is 0.303 e. The van der Waals surface area contributed by atoms with Gasteiger partial charge >= 0.3 is 5.97 Å². The van der Waals surface area contributed by atoms with Crippen molar-refractivity contribution < 1.29 is 9.90 Å². The molecule has 0 unspecified atom stereocenters. The Hall–Kier alpha value is -1.35. The number of carboxylic acid groups (broad SMARTS) is 1. The lowest BCUT2D eigenvalue weighted by molar-refractivity contribution is -0.137. The number of carbonyl (C=O) groups is 1. The van der Waals surface area contributed by atoms with E-state index in [4.69, 9.17) is 5.11 Å². The molecule has 0 bridgehead atoms. The molecular weight excluding hydrogens is 238 g/mol. The summed E-state index contributed by atoms with van der Waals surface area (Å²) in [5.41, 5.74) is 2.78. The quantitative estimate of drug-likeness (QED) is 0.708. The van der Waals surface area contributed by atoms with Crippen molar-refractivity contribution in [2.24, 2.45) is 0 Å². The molecule has 3 heteroatoms. The molecule has 0 saturated carbocycles. The van der Waals surface area contributed by atoms with Gasteiger partial charge in [-0.05, 0) is 37.4 Å². The van der Waals surface area contributed by atoms with Crippen LogP contribution in [0.15, 0.2) is 24.3 Å². The summed E-state index contributed by atoms with van der Waals surface area (Å²) in [6, 6.07) is 8.47. The molecule has 1 aromatic rings. The van der Waals surface area contributed by atoms with E-state index in [1.807, 2.05) is 0 Å². The van der Waals surface area contributed by atoms with Gasteiger partial charge in [0.1, 0.15) is 0 Å². The van der Waals surface area contributed by atoms with Gasteiger partial charge in [-0.25, -0.2) is 0 Å². The number of aryl methyl sites for hydroxylation is 1. The van der Waals surface area contributed by atoms with E-state index in [1.54, 1.807) is 0 Å². The van der Waals surface area contributed by atoms with Crippen LogP contribution in [0.2, 0.25) is 0 Å². The van der Waals surface area contributed by atoms with Gasteiger partial charge in [-0.15, -0.1) is 0 Å². The highest BCUT2D eigenvalue weighted by atomic mass is 16.4. The molecule has 19 heavy (non-hydrogen) atoms. The maximum atomic E-state index is 10.4. The monoisotopic (exact) mass is 263 g/mol. The Kier molecular flexibility index (Phi) is 6.03. The van der Waals surface area contributed by atoms with Gasteiger partial charge in [-0.1, -0.05) is 38.1 Å². The Morgan fingerprint density at radius 1 is 1.26 bits per heavy atom. The van der Waals surface area contributed by atoms with Gasteiger partial charge in [-0.3, -0.25) is 4.79 Å². The number of benzene rings is 1. The Morgan fingerprint density at radius 3 is 2.58 bits per heavy atom. The first kappa shape index (κ1) is 15.7. The van der Waals surface area contributed by atoms with Gasteiger partial charge in [0, 0.05) is 18.4 Å². The minimum absolute atomic E-state index is 0.0954. The maximum absolute atomic E-state index is 10.4. The number of nitrogens with one attached hydrogen (secondary N) is 1. The van der Waals surface area contributed by atoms with E-state index in [0.29, 0.717) is 0 Å². The van der Waals surface area contributed by atoms with Crippen LogP contribution in [-0.4, -0.2) is 24.2 Å². The number of unbranched alkanes of at least 4 members (excludes halogenated alkanes) is 1. The molecule has 3 nitrogen and oxygen atoms in total. The van der Waals surface area contributed by atoms with E-state index in [0.717, 1.165) is 25.9 Å². The van der Waals surface area contributed by atoms with E-state index < -0.39 is 5.97 Å². The van der Waals surface area contributed by atoms with Crippen LogP contribution in [0.25, 0.3) is 0 Å². The topological polar surface area (TPSA) is 49.3 Å². The molecule has 0 saturated heterocycles. The highest BCUT2D eigenvalue weighted by Gasteiger charge is 2.21. The van der Waals surface area contributed by atoms with E-state index in [-0.39, 0.29) is 11.8 Å². The van der Waals surface area contributed by atoms with Crippen molar-refractivity contribution in [1.82, 2.24) is 5.32 Å². The van der Waals surface area contributed by atoms with E-state index in [1.165, 1.54) is 11.1 Å². The molecule has 0 aliphatic carbocycles. The highest BCUT2D eigenvalue weighted by molar-refractivity contribution is 5.66. The fourth-order valence-electron chi connectivity index (χ4n) is 2.35. The van der Waals surface area contributed by atoms with Crippen molar-refractivity contribution >= 4 is 5.97 Å². The third kappa shape index (κ3) is 5.43. The van der Waals surface area contributed by atoms with Crippen LogP contribution < -0.4 is 5.32 Å². The average molecular weight is 263 g/mol. The zero-order chi connectivity index (χ0) is 14.3. The first-order valence-corrected chi connectivity index (χ1v) is 6.92. The summed E-state index contributed by atoms with van der Waals surface area (Å²) in [6.07, 6.45) is 1.92. The molecule has 0 fully saturated rings. The van der Waals surface area contributed by atoms with Gasteiger partial charge in [-0.2, -0.15) is 0 Å². The minimum atomic E-state index is -0.708. The minimum Gasteiger partial charge on any atom is -0.481 e. The predicted molar refractivity (Wildman–Crippen MR) is 78.6 cm³/mol. The SMILES string of the molecule is Cc1ccccc1C(C)(C)CNCCCCC(=O)O. The Morgan fingerprint density at radius 2 is 1.95 bits per heavy atom. The standard InChI is InChI=1S/C16H25NO2/c1-13-8-4-5-9-14(13)16(2,3)12-17-11-7-6-10-15(18)19/h4-5,8-9,17H,6-7,10-12H2,1-3H3,(H,18,19). The number of carboxylic acids is 1. The van der Waals surface area contributed by atoms with Crippen LogP contribution in [-0.2, 0) is 10.2 Å². The van der Waals surface area contributed by atoms with E-state index in [9.17, 15) is 4.79 Å². The molecule has 2 N–H and O–H groups in total. The number of aliphatic carboxylic acids is 1. The van der Waals surface area contributed by atoms with Crippen molar-refractivity contribution in [3.05, 3.63) is 35.4 Å². The first-order chi connectivity index (χ1) is 8.93. The molecule has 0 spiro atoms. The van der Waals surface area contributed by atoms with Crippen molar-refractivity contribution in [2.45, 2.75) is 45.4 Å². The van der Waals surface area contributed by atoms with Gasteiger partial charge in [0.2, 0.25) is 0 Å². The normalized spacial score (nSPS) is 11.5. The summed E-state index contributed by atoms with van der Waals surface area (Å²) in [5, 5.41) is 12.0. The van der Waals surface area contributed by atoms with Gasteiger partial charge in [0.05, 0.1) is 0 Å². The predicted octanol–water partition coefficient (Wildman–Crippen LogP) is 3.12. The molecular formula is C16H25NO2. The first-order valence-electron chi connectivity index (χ1n) is 6.92. The molecule has 1 aromatic carbocycles. The second-order valence-electron chi connectivity index (χ2n) is 5.73. The molecule has 0 radical (unpaired) electrons. The largest absolute Gasteiger partial charge is 0.481 e. The summed E-state index contributed by atoms with van der Waals surface area (Å²) in [4.78, 5) is 10.4. The summed E-state index contributed by atoms with van der Waals surface area (Å²) in [5.74, 6) is -0.708. The summed E-state index contributed by atoms with van der Waals surface area (Å²) in [6.45, 7) is 8.40. The van der Waals surface area contributed by atoms with Crippen LogP contribution in [0.4, 0.5) is 0 Å². The summed E-state index contributed by atoms with van der Waals surface area (Å²) in [7, 11) is 0. The van der Waals surface area contributed by atoms with Gasteiger partial charge in [0.15, 0.2) is 0 Å². The Bertz CT molecular complexity index is 413. The van der Waals surface area contributed by atoms with Crippen molar-refractivity contribution in [3.8, 4) is 0 Å². The van der Waals surface area contributed by atoms with Crippen LogP contribution in [0.1, 0.15) is 44.2 Å². The van der Waals surface area contributed by atoms with E-state index in [2.05, 4.69) is 50.4 Å². The third-order valence-corrected chi connectivity index (χ3v) is 3.44. The highest BCUT2D eigenvalue weighted by Crippen LogP contribution is 2.25. The molecule has 0 aromatic heterocycles. The average Bonchev–Trinajstić information content (AvgIpc) is 2.33. The van der Waals surface area contributed by atoms with Crippen molar-refractivity contribution in [2.75, 3.05) is 13.1 Å². The summed E-state index contributed by atoms with van der Waals surface area (Å²) < 4.78 is 0. The third-order valence-electron chi connectivity index (χ3n) is 3.44. The lowest BCUT2D eigenvalue weighted by Crippen LogP contribution is -2.34. The second-order valence-corrected chi connectivity index (χ2v) is 5.73. The zero-order valence-corrected chi connectivity index (χ0v) is 12.2. The number of hydrogen-bond acceptors (Lipinski definition) is 2. The summed E-state index contributed by atoms with van der Waals surface area (Å²) >= 11 is 0. The van der Waals surface area contributed by atoms with Crippen molar-refractivity contribution in [1.29, 1.82) is 0 Å². The smallest absolute Gasteiger partial charge is 0.303 e. The molecule has 1 rings (SSSR count). The van der Waals surface area contributed by atoms with Crippen LogP contribution >= 0.6 is 0 Å². The number of rotatable bonds is 8. The number of hydrogen-bond donors (Lipinski definition) is 2. The molecule has 106 valence electrons. The van der Waals surface area contributed by atoms with E-state index >= 15 is 0 Å². The lowest BCUT2D eigenvalue weighted by atomic mass is 9.82. The molecule has 0 amide bonds. The van der Waals surface area contributed by atoms with Gasteiger partial charge < -0.3 is 10.4 Å². The molecule has 0 atom stereocenters. The fourth-order valence-corrected chi connectivity index (χ4v) is 2.35. The molecule has 0 heterocycles. The fraction of sp³-hybridized carbons (Fsp3) is 0.562. The Labute approximate surface area is 116 Å². The second kappa shape index (κ2) is 7.29. The Balaban J connectivity index is 2.35. The van der Waals surface area contributed by atoms with Crippen molar-refractivity contribution in [3.63, 3.8) is 0 Å². The van der Waals surface area contributed by atoms with Crippen LogP contribution in [0.3, 0.4) is 0 Å². The molecule has 0 aliphatic rings. The zero-order valence-electron chi connectivity index (χ0n) is 12.2. The van der Waals surface area contributed by atoms with Crippen LogP contribution in [0, 0.1) is 6.92 Å². The van der Waals surface area contributed by atoms with Gasteiger partial charge in [0.25, 0.3) is 0 Å². The van der Waals surface area contributed by atoms with Crippen LogP contribution in [0.5, 0.6) is 0 Å².